The molecular weight excluding hydrogens is 278 g/mol. The van der Waals surface area contributed by atoms with Gasteiger partial charge in [-0.15, -0.1) is 0 Å². The summed E-state index contributed by atoms with van der Waals surface area (Å²) in [4.78, 5) is 8.86. The van der Waals surface area contributed by atoms with Gasteiger partial charge < -0.3 is 5.32 Å². The smallest absolute Gasteiger partial charge is 0.223 e. The highest BCUT2D eigenvalue weighted by Crippen LogP contribution is 2.22. The van der Waals surface area contributed by atoms with Gasteiger partial charge in [-0.3, -0.25) is 0 Å². The Bertz CT molecular complexity index is 525. The molecule has 0 aliphatic carbocycles. The molecule has 0 saturated carbocycles. The lowest BCUT2D eigenvalue weighted by molar-refractivity contribution is 0.556. The predicted molar refractivity (Wildman–Crippen MR) is 75.2 cm³/mol. The van der Waals surface area contributed by atoms with E-state index in [4.69, 9.17) is 0 Å². The minimum atomic E-state index is 0.356. The molecule has 2 aromatic rings. The molecule has 0 bridgehead atoms. The Morgan fingerprint density at radius 2 is 2.00 bits per heavy atom. The summed E-state index contributed by atoms with van der Waals surface area (Å²) >= 11 is 3.51. The van der Waals surface area contributed by atoms with Crippen molar-refractivity contribution in [1.29, 1.82) is 0 Å². The summed E-state index contributed by atoms with van der Waals surface area (Å²) in [6.45, 7) is 6.49. The Morgan fingerprint density at radius 1 is 1.24 bits per heavy atom. The van der Waals surface area contributed by atoms with E-state index in [-0.39, 0.29) is 0 Å². The highest BCUT2D eigenvalue weighted by atomic mass is 79.9. The maximum Gasteiger partial charge on any atom is 0.223 e. The number of rotatable bonds is 3. The van der Waals surface area contributed by atoms with Gasteiger partial charge in [-0.2, -0.15) is 0 Å². The van der Waals surface area contributed by atoms with Crippen LogP contribution in [-0.4, -0.2) is 16.0 Å². The zero-order chi connectivity index (χ0) is 12.4. The SMILES string of the molecule is CC(C)C(C)Nc1ncc2cccc(Br)c2n1. The van der Waals surface area contributed by atoms with Crippen LogP contribution >= 0.6 is 15.9 Å². The van der Waals surface area contributed by atoms with E-state index in [0.717, 1.165) is 15.4 Å². The normalized spacial score (nSPS) is 13.0. The van der Waals surface area contributed by atoms with Crippen LogP contribution < -0.4 is 5.32 Å². The van der Waals surface area contributed by atoms with Crippen molar-refractivity contribution in [3.8, 4) is 0 Å². The highest BCUT2D eigenvalue weighted by molar-refractivity contribution is 9.10. The third-order valence-corrected chi connectivity index (χ3v) is 3.56. The largest absolute Gasteiger partial charge is 0.351 e. The molecule has 4 heteroatoms. The van der Waals surface area contributed by atoms with Crippen molar-refractivity contribution in [2.45, 2.75) is 26.8 Å². The van der Waals surface area contributed by atoms with Crippen LogP contribution in [0, 0.1) is 5.92 Å². The second-order valence-electron chi connectivity index (χ2n) is 4.55. The lowest BCUT2D eigenvalue weighted by Gasteiger charge is -2.17. The first kappa shape index (κ1) is 12.3. The number of hydrogen-bond acceptors (Lipinski definition) is 3. The summed E-state index contributed by atoms with van der Waals surface area (Å²) in [5.74, 6) is 1.24. The van der Waals surface area contributed by atoms with E-state index >= 15 is 0 Å². The van der Waals surface area contributed by atoms with E-state index in [1.165, 1.54) is 0 Å². The van der Waals surface area contributed by atoms with Gasteiger partial charge in [0.2, 0.25) is 5.95 Å². The van der Waals surface area contributed by atoms with Crippen LogP contribution in [0.2, 0.25) is 0 Å². The number of anilines is 1. The van der Waals surface area contributed by atoms with Gasteiger partial charge >= 0.3 is 0 Å². The quantitative estimate of drug-likeness (QED) is 0.934. The van der Waals surface area contributed by atoms with E-state index in [1.807, 2.05) is 24.4 Å². The lowest BCUT2D eigenvalue weighted by Crippen LogP contribution is -2.22. The Balaban J connectivity index is 2.34. The average molecular weight is 294 g/mol. The Kier molecular flexibility index (Phi) is 3.62. The van der Waals surface area contributed by atoms with Gasteiger partial charge in [0.25, 0.3) is 0 Å². The summed E-state index contributed by atoms with van der Waals surface area (Å²) in [5, 5.41) is 4.36. The van der Waals surface area contributed by atoms with Crippen LogP contribution in [0.1, 0.15) is 20.8 Å². The third-order valence-electron chi connectivity index (χ3n) is 2.92. The summed E-state index contributed by atoms with van der Waals surface area (Å²) in [5.41, 5.74) is 0.945. The second kappa shape index (κ2) is 5.00. The topological polar surface area (TPSA) is 37.8 Å². The maximum absolute atomic E-state index is 4.53. The minimum Gasteiger partial charge on any atom is -0.351 e. The van der Waals surface area contributed by atoms with Gasteiger partial charge in [-0.05, 0) is 34.8 Å². The van der Waals surface area contributed by atoms with Crippen LogP contribution in [-0.2, 0) is 0 Å². The monoisotopic (exact) mass is 293 g/mol. The number of aromatic nitrogens is 2. The second-order valence-corrected chi connectivity index (χ2v) is 5.40. The molecule has 2 rings (SSSR count). The molecule has 1 atom stereocenters. The number of nitrogens with zero attached hydrogens (tertiary/aromatic N) is 2. The third kappa shape index (κ3) is 2.75. The van der Waals surface area contributed by atoms with Gasteiger partial charge in [0, 0.05) is 22.1 Å². The number of fused-ring (bicyclic) bond motifs is 1. The molecule has 1 heterocycles. The van der Waals surface area contributed by atoms with Crippen LogP contribution in [0.15, 0.2) is 28.9 Å². The molecule has 1 unspecified atom stereocenters. The van der Waals surface area contributed by atoms with Crippen molar-refractivity contribution in [3.63, 3.8) is 0 Å². The van der Waals surface area contributed by atoms with Crippen molar-refractivity contribution in [3.05, 3.63) is 28.9 Å². The van der Waals surface area contributed by atoms with Crippen LogP contribution in [0.25, 0.3) is 10.9 Å². The number of para-hydroxylation sites is 1. The summed E-state index contributed by atoms with van der Waals surface area (Å²) in [7, 11) is 0. The number of nitrogens with one attached hydrogen (secondary N) is 1. The van der Waals surface area contributed by atoms with E-state index in [0.29, 0.717) is 17.9 Å². The number of benzene rings is 1. The van der Waals surface area contributed by atoms with Gasteiger partial charge in [0.05, 0.1) is 5.52 Å². The summed E-state index contributed by atoms with van der Waals surface area (Å²) < 4.78 is 0.998. The molecule has 0 amide bonds. The standard InChI is InChI=1S/C13H16BrN3/c1-8(2)9(3)16-13-15-7-10-5-4-6-11(14)12(10)17-13/h4-9H,1-3H3,(H,15,16,17). The van der Waals surface area contributed by atoms with Crippen molar-refractivity contribution < 1.29 is 0 Å². The molecule has 17 heavy (non-hydrogen) atoms. The lowest BCUT2D eigenvalue weighted by atomic mass is 10.1. The van der Waals surface area contributed by atoms with Gasteiger partial charge in [0.1, 0.15) is 0 Å². The Hall–Kier alpha value is -1.16. The van der Waals surface area contributed by atoms with Crippen molar-refractivity contribution in [2.24, 2.45) is 5.92 Å². The van der Waals surface area contributed by atoms with E-state index in [9.17, 15) is 0 Å². The molecule has 0 spiro atoms. The van der Waals surface area contributed by atoms with Crippen LogP contribution in [0.5, 0.6) is 0 Å². The van der Waals surface area contributed by atoms with Gasteiger partial charge in [0.15, 0.2) is 0 Å². The first-order valence-electron chi connectivity index (χ1n) is 5.75. The Morgan fingerprint density at radius 3 is 2.71 bits per heavy atom. The molecule has 1 N–H and O–H groups in total. The first-order valence-corrected chi connectivity index (χ1v) is 6.55. The van der Waals surface area contributed by atoms with Crippen LogP contribution in [0.3, 0.4) is 0 Å². The van der Waals surface area contributed by atoms with E-state index < -0.39 is 0 Å². The van der Waals surface area contributed by atoms with Gasteiger partial charge in [-0.25, -0.2) is 9.97 Å². The van der Waals surface area contributed by atoms with Crippen molar-refractivity contribution in [1.82, 2.24) is 9.97 Å². The van der Waals surface area contributed by atoms with Gasteiger partial charge in [-0.1, -0.05) is 26.0 Å². The molecule has 0 radical (unpaired) electrons. The molecule has 90 valence electrons. The van der Waals surface area contributed by atoms with Crippen molar-refractivity contribution in [2.75, 3.05) is 5.32 Å². The molecular formula is C13H16BrN3. The predicted octanol–water partition coefficient (Wildman–Crippen LogP) is 3.85. The Labute approximate surface area is 110 Å². The summed E-state index contributed by atoms with van der Waals surface area (Å²) in [6.07, 6.45) is 1.85. The molecule has 3 nitrogen and oxygen atoms in total. The fraction of sp³-hybridized carbons (Fsp3) is 0.385. The molecule has 0 aliphatic rings. The molecule has 1 aromatic heterocycles. The molecule has 1 aromatic carbocycles. The average Bonchev–Trinajstić information content (AvgIpc) is 2.30. The molecule has 0 fully saturated rings. The minimum absolute atomic E-state index is 0.356. The summed E-state index contributed by atoms with van der Waals surface area (Å²) in [6, 6.07) is 6.34. The highest BCUT2D eigenvalue weighted by Gasteiger charge is 2.09. The zero-order valence-corrected chi connectivity index (χ0v) is 11.8. The number of halogens is 1. The number of hydrogen-bond donors (Lipinski definition) is 1. The first-order chi connectivity index (χ1) is 8.08. The fourth-order valence-corrected chi connectivity index (χ4v) is 1.93. The van der Waals surface area contributed by atoms with E-state index in [2.05, 4.69) is 52.0 Å². The van der Waals surface area contributed by atoms with Crippen molar-refractivity contribution >= 4 is 32.8 Å². The maximum atomic E-state index is 4.53. The zero-order valence-electron chi connectivity index (χ0n) is 10.2. The molecule has 0 aliphatic heterocycles. The molecule has 0 saturated heterocycles. The van der Waals surface area contributed by atoms with Crippen LogP contribution in [0.4, 0.5) is 5.95 Å². The fourth-order valence-electron chi connectivity index (χ4n) is 1.46. The van der Waals surface area contributed by atoms with E-state index in [1.54, 1.807) is 0 Å².